The summed E-state index contributed by atoms with van der Waals surface area (Å²) in [5.74, 6) is -0.0306. The van der Waals surface area contributed by atoms with Crippen LogP contribution in [0.25, 0.3) is 5.76 Å². The third-order valence-corrected chi connectivity index (χ3v) is 7.01. The minimum absolute atomic E-state index is 0.396. The molecule has 0 amide bonds. The van der Waals surface area contributed by atoms with Crippen LogP contribution in [0.5, 0.6) is 0 Å². The van der Waals surface area contributed by atoms with Crippen molar-refractivity contribution in [2.45, 2.75) is 40.4 Å². The van der Waals surface area contributed by atoms with Crippen LogP contribution in [0.1, 0.15) is 34.0 Å². The smallest absolute Gasteiger partial charge is 0.343 e. The van der Waals surface area contributed by atoms with E-state index in [0.717, 1.165) is 27.5 Å². The average molecular weight is 425 g/mol. The maximum atomic E-state index is 12.9. The molecule has 2 aromatic carbocycles. The predicted molar refractivity (Wildman–Crippen MR) is 127 cm³/mol. The second-order valence-electron chi connectivity index (χ2n) is 8.37. The lowest BCUT2D eigenvalue weighted by Crippen LogP contribution is -2.25. The Hall–Kier alpha value is -2.36. The number of esters is 1. The quantitative estimate of drug-likeness (QED) is 0.208. The van der Waals surface area contributed by atoms with Gasteiger partial charge in [-0.25, -0.2) is 4.79 Å². The summed E-state index contributed by atoms with van der Waals surface area (Å²) < 4.78 is 5.92. The van der Waals surface area contributed by atoms with Crippen LogP contribution in [-0.4, -0.2) is 14.0 Å². The monoisotopic (exact) mass is 424 g/mol. The number of hydrogen-bond acceptors (Lipinski definition) is 2. The van der Waals surface area contributed by atoms with E-state index in [9.17, 15) is 4.79 Å². The van der Waals surface area contributed by atoms with Gasteiger partial charge in [-0.1, -0.05) is 91.4 Å². The molecular formula is C25H29ClO2Si. The number of benzene rings is 2. The van der Waals surface area contributed by atoms with E-state index in [1.807, 2.05) is 57.2 Å². The summed E-state index contributed by atoms with van der Waals surface area (Å²) in [4.78, 5) is 12.9. The fourth-order valence-corrected chi connectivity index (χ4v) is 5.49. The van der Waals surface area contributed by atoms with Crippen molar-refractivity contribution in [1.82, 2.24) is 0 Å². The lowest BCUT2D eigenvalue weighted by molar-refractivity contribution is 0.0691. The lowest BCUT2D eigenvalue weighted by atomic mass is 10.0. The largest absolute Gasteiger partial charge is 0.421 e. The maximum absolute atomic E-state index is 12.9. The number of carbonyl (C=O) groups excluding carboxylic acids is 1. The summed E-state index contributed by atoms with van der Waals surface area (Å²) in [7, 11) is -1.85. The van der Waals surface area contributed by atoms with Gasteiger partial charge < -0.3 is 4.74 Å². The number of ether oxygens (including phenoxy) is 1. The zero-order valence-corrected chi connectivity index (χ0v) is 19.9. The Kier molecular flexibility index (Phi) is 7.45. The molecule has 0 fully saturated rings. The SMILES string of the molecule is C=C(C)/C=C(\C(Cl)=C(/OC(=O)c1ccccc1)c1ccc(C)cc1C)[Si](C)(C)C. The Morgan fingerprint density at radius 3 is 2.21 bits per heavy atom. The maximum Gasteiger partial charge on any atom is 0.343 e. The molecule has 0 N–H and O–H groups in total. The van der Waals surface area contributed by atoms with E-state index in [-0.39, 0.29) is 0 Å². The van der Waals surface area contributed by atoms with Gasteiger partial charge >= 0.3 is 5.97 Å². The third kappa shape index (κ3) is 6.06. The van der Waals surface area contributed by atoms with Crippen molar-refractivity contribution >= 4 is 31.4 Å². The molecule has 4 heteroatoms. The Morgan fingerprint density at radius 2 is 1.69 bits per heavy atom. The van der Waals surface area contributed by atoms with Crippen LogP contribution in [0.15, 0.2) is 77.0 Å². The van der Waals surface area contributed by atoms with Crippen LogP contribution >= 0.6 is 11.6 Å². The van der Waals surface area contributed by atoms with Gasteiger partial charge in [-0.15, -0.1) is 0 Å². The molecule has 152 valence electrons. The molecule has 0 heterocycles. The Morgan fingerprint density at radius 1 is 1.07 bits per heavy atom. The standard InChI is InChI=1S/C25H29ClO2Si/c1-17(2)15-22(29(5,6)7)23(26)24(21-14-13-18(3)16-19(21)4)28-25(27)20-11-9-8-10-12-20/h8-16H,1H2,2-7H3/b22-15+,24-23+. The summed E-state index contributed by atoms with van der Waals surface area (Å²) in [6.45, 7) is 16.6. The molecule has 0 aliphatic rings. The summed E-state index contributed by atoms with van der Waals surface area (Å²) in [5.41, 5.74) is 4.35. The molecule has 0 unspecified atom stereocenters. The van der Waals surface area contributed by atoms with Crippen molar-refractivity contribution in [3.63, 3.8) is 0 Å². The van der Waals surface area contributed by atoms with Crippen LogP contribution in [0.2, 0.25) is 19.6 Å². The molecule has 0 aliphatic heterocycles. The van der Waals surface area contributed by atoms with Crippen molar-refractivity contribution in [1.29, 1.82) is 0 Å². The average Bonchev–Trinajstić information content (AvgIpc) is 2.64. The molecule has 0 saturated heterocycles. The Bertz CT molecular complexity index is 980. The van der Waals surface area contributed by atoms with Gasteiger partial charge in [0.25, 0.3) is 0 Å². The molecule has 2 nitrogen and oxygen atoms in total. The van der Waals surface area contributed by atoms with Gasteiger partial charge in [-0.05, 0) is 43.7 Å². The summed E-state index contributed by atoms with van der Waals surface area (Å²) in [6, 6.07) is 15.0. The highest BCUT2D eigenvalue weighted by Gasteiger charge is 2.27. The molecule has 29 heavy (non-hydrogen) atoms. The molecule has 0 aliphatic carbocycles. The van der Waals surface area contributed by atoms with Gasteiger partial charge in [-0.2, -0.15) is 0 Å². The molecule has 2 aromatic rings. The van der Waals surface area contributed by atoms with E-state index >= 15 is 0 Å². The van der Waals surface area contributed by atoms with Gasteiger partial charge in [0.15, 0.2) is 5.76 Å². The van der Waals surface area contributed by atoms with Gasteiger partial charge in [0.2, 0.25) is 0 Å². The zero-order chi connectivity index (χ0) is 21.8. The summed E-state index contributed by atoms with van der Waals surface area (Å²) >= 11 is 6.95. The number of allylic oxidation sites excluding steroid dienone is 4. The van der Waals surface area contributed by atoms with Crippen molar-refractivity contribution in [3.05, 3.63) is 99.2 Å². The van der Waals surface area contributed by atoms with E-state index in [0.29, 0.717) is 16.4 Å². The highest BCUT2D eigenvalue weighted by molar-refractivity contribution is 6.85. The third-order valence-electron chi connectivity index (χ3n) is 4.47. The molecule has 0 aromatic heterocycles. The first-order valence-electron chi connectivity index (χ1n) is 9.63. The number of carbonyl (C=O) groups is 1. The molecule has 0 radical (unpaired) electrons. The van der Waals surface area contributed by atoms with Crippen LogP contribution in [0.4, 0.5) is 0 Å². The fourth-order valence-electron chi connectivity index (χ4n) is 2.99. The molecular weight excluding hydrogens is 396 g/mol. The normalized spacial score (nSPS) is 13.0. The number of hydrogen-bond donors (Lipinski definition) is 0. The van der Waals surface area contributed by atoms with Gasteiger partial charge in [-0.3, -0.25) is 0 Å². The summed E-state index contributed by atoms with van der Waals surface area (Å²) in [6.07, 6.45) is 2.01. The van der Waals surface area contributed by atoms with Crippen molar-refractivity contribution in [2.24, 2.45) is 0 Å². The zero-order valence-electron chi connectivity index (χ0n) is 18.1. The Balaban J connectivity index is 2.69. The minimum Gasteiger partial charge on any atom is -0.421 e. The van der Waals surface area contributed by atoms with E-state index in [1.54, 1.807) is 12.1 Å². The fraction of sp³-hybridized carbons (Fsp3) is 0.240. The van der Waals surface area contributed by atoms with Gasteiger partial charge in [0, 0.05) is 5.56 Å². The predicted octanol–water partition coefficient (Wildman–Crippen LogP) is 7.45. The van der Waals surface area contributed by atoms with Crippen LogP contribution < -0.4 is 0 Å². The highest BCUT2D eigenvalue weighted by atomic mass is 35.5. The minimum atomic E-state index is -1.85. The lowest BCUT2D eigenvalue weighted by Gasteiger charge is -2.24. The van der Waals surface area contributed by atoms with Gasteiger partial charge in [0.05, 0.1) is 18.7 Å². The van der Waals surface area contributed by atoms with Crippen LogP contribution in [0, 0.1) is 13.8 Å². The first kappa shape index (κ1) is 22.9. The number of halogens is 1. The van der Waals surface area contributed by atoms with Crippen molar-refractivity contribution in [2.75, 3.05) is 0 Å². The highest BCUT2D eigenvalue weighted by Crippen LogP contribution is 2.35. The first-order valence-corrected chi connectivity index (χ1v) is 13.5. The van der Waals surface area contributed by atoms with Crippen LogP contribution in [-0.2, 0) is 4.74 Å². The molecule has 0 spiro atoms. The number of aryl methyl sites for hydroxylation is 2. The molecule has 2 rings (SSSR count). The van der Waals surface area contributed by atoms with Crippen molar-refractivity contribution < 1.29 is 9.53 Å². The van der Waals surface area contributed by atoms with Gasteiger partial charge in [0.1, 0.15) is 0 Å². The molecule has 0 atom stereocenters. The van der Waals surface area contributed by atoms with Crippen molar-refractivity contribution in [3.8, 4) is 0 Å². The van der Waals surface area contributed by atoms with E-state index in [1.165, 1.54) is 0 Å². The number of rotatable bonds is 6. The second kappa shape index (κ2) is 9.42. The van der Waals surface area contributed by atoms with E-state index in [4.69, 9.17) is 16.3 Å². The molecule has 0 saturated carbocycles. The van der Waals surface area contributed by atoms with E-state index < -0.39 is 14.0 Å². The Labute approximate surface area is 180 Å². The van der Waals surface area contributed by atoms with Crippen LogP contribution in [0.3, 0.4) is 0 Å². The second-order valence-corrected chi connectivity index (χ2v) is 13.8. The van der Waals surface area contributed by atoms with E-state index in [2.05, 4.69) is 32.3 Å². The summed E-state index contributed by atoms with van der Waals surface area (Å²) in [5, 5.41) is 1.48. The topological polar surface area (TPSA) is 26.3 Å². The molecule has 0 bridgehead atoms. The first-order chi connectivity index (χ1) is 13.5.